The molecule has 2 aromatic heterocycles. The lowest BCUT2D eigenvalue weighted by Gasteiger charge is -2.06. The number of rotatable bonds is 4. The van der Waals surface area contributed by atoms with Crippen LogP contribution in [-0.4, -0.2) is 17.4 Å². The van der Waals surface area contributed by atoms with E-state index in [1.807, 2.05) is 50.2 Å². The molecular formula is C17H15NO2S. The first-order valence-corrected chi connectivity index (χ1v) is 7.53. The predicted molar refractivity (Wildman–Crippen MR) is 85.4 cm³/mol. The van der Waals surface area contributed by atoms with Crippen LogP contribution < -0.4 is 4.74 Å². The first-order valence-electron chi connectivity index (χ1n) is 6.71. The lowest BCUT2D eigenvalue weighted by atomic mass is 10.1. The molecule has 0 aliphatic heterocycles. The van der Waals surface area contributed by atoms with Crippen molar-refractivity contribution in [1.82, 2.24) is 4.98 Å². The number of nitrogens with zero attached hydrogens (tertiary/aromatic N) is 1. The molecule has 0 saturated heterocycles. The van der Waals surface area contributed by atoms with Crippen LogP contribution in [0.2, 0.25) is 0 Å². The van der Waals surface area contributed by atoms with E-state index in [1.165, 1.54) is 0 Å². The molecule has 1 aromatic carbocycles. The van der Waals surface area contributed by atoms with E-state index in [2.05, 4.69) is 4.98 Å². The molecule has 2 heterocycles. The Morgan fingerprint density at radius 3 is 2.86 bits per heavy atom. The zero-order chi connectivity index (χ0) is 14.8. The number of ether oxygens (including phenoxy) is 1. The maximum atomic E-state index is 12.2. The second-order valence-electron chi connectivity index (χ2n) is 4.90. The highest BCUT2D eigenvalue weighted by Crippen LogP contribution is 2.22. The van der Waals surface area contributed by atoms with Gasteiger partial charge in [-0.3, -0.25) is 9.78 Å². The molecule has 0 amide bonds. The summed E-state index contributed by atoms with van der Waals surface area (Å²) >= 11 is 1.63. The number of hydrogen-bond acceptors (Lipinski definition) is 4. The van der Waals surface area contributed by atoms with E-state index in [0.29, 0.717) is 5.75 Å². The van der Waals surface area contributed by atoms with Crippen LogP contribution in [0, 0.1) is 13.8 Å². The second kappa shape index (κ2) is 5.66. The van der Waals surface area contributed by atoms with Crippen LogP contribution in [0.25, 0.3) is 10.9 Å². The summed E-state index contributed by atoms with van der Waals surface area (Å²) < 4.78 is 5.61. The molecule has 0 aliphatic rings. The number of aromatic nitrogens is 1. The molecule has 0 atom stereocenters. The first kappa shape index (κ1) is 13.8. The summed E-state index contributed by atoms with van der Waals surface area (Å²) in [5.41, 5.74) is 1.63. The number of benzene rings is 1. The summed E-state index contributed by atoms with van der Waals surface area (Å²) in [7, 11) is 0. The Morgan fingerprint density at radius 2 is 2.10 bits per heavy atom. The maximum Gasteiger partial charge on any atom is 0.201 e. The Kier molecular flexibility index (Phi) is 3.71. The molecular weight excluding hydrogens is 282 g/mol. The van der Waals surface area contributed by atoms with Crippen molar-refractivity contribution < 1.29 is 9.53 Å². The third kappa shape index (κ3) is 2.95. The zero-order valence-electron chi connectivity index (χ0n) is 11.9. The van der Waals surface area contributed by atoms with Crippen LogP contribution >= 0.6 is 11.3 Å². The van der Waals surface area contributed by atoms with E-state index in [-0.39, 0.29) is 12.4 Å². The Balaban J connectivity index is 1.74. The number of thiophene rings is 1. The molecule has 0 saturated carbocycles. The normalized spacial score (nSPS) is 10.8. The van der Waals surface area contributed by atoms with E-state index < -0.39 is 0 Å². The summed E-state index contributed by atoms with van der Waals surface area (Å²) in [6, 6.07) is 11.5. The standard InChI is InChI=1S/C17H15NO2S/c1-11-8-15(12(2)21-11)17(19)10-20-14-6-5-13-4-3-7-18-16(13)9-14/h3-9H,10H2,1-2H3. The predicted octanol–water partition coefficient (Wildman–Crippen LogP) is 4.17. The van der Waals surface area contributed by atoms with Crippen LogP contribution in [0.15, 0.2) is 42.6 Å². The summed E-state index contributed by atoms with van der Waals surface area (Å²) in [5, 5.41) is 1.06. The molecule has 21 heavy (non-hydrogen) atoms. The Morgan fingerprint density at radius 1 is 1.24 bits per heavy atom. The van der Waals surface area contributed by atoms with Crippen molar-refractivity contribution in [3.05, 3.63) is 57.9 Å². The number of fused-ring (bicyclic) bond motifs is 1. The number of aryl methyl sites for hydroxylation is 2. The van der Waals surface area contributed by atoms with Crippen molar-refractivity contribution in [1.29, 1.82) is 0 Å². The van der Waals surface area contributed by atoms with Gasteiger partial charge in [0.15, 0.2) is 6.61 Å². The first-order chi connectivity index (χ1) is 10.1. The topological polar surface area (TPSA) is 39.2 Å². The summed E-state index contributed by atoms with van der Waals surface area (Å²) in [6.07, 6.45) is 1.74. The smallest absolute Gasteiger partial charge is 0.201 e. The molecule has 4 heteroatoms. The number of carbonyl (C=O) groups excluding carboxylic acids is 1. The van der Waals surface area contributed by atoms with Gasteiger partial charge in [0.25, 0.3) is 0 Å². The van der Waals surface area contributed by atoms with Gasteiger partial charge in [0.2, 0.25) is 5.78 Å². The van der Waals surface area contributed by atoms with Gasteiger partial charge in [-0.2, -0.15) is 0 Å². The van der Waals surface area contributed by atoms with Gasteiger partial charge < -0.3 is 4.74 Å². The third-order valence-electron chi connectivity index (χ3n) is 3.29. The van der Waals surface area contributed by atoms with E-state index in [0.717, 1.165) is 26.2 Å². The minimum Gasteiger partial charge on any atom is -0.485 e. The van der Waals surface area contributed by atoms with E-state index >= 15 is 0 Å². The van der Waals surface area contributed by atoms with Crippen LogP contribution in [0.1, 0.15) is 20.1 Å². The van der Waals surface area contributed by atoms with Gasteiger partial charge in [0, 0.05) is 33.0 Å². The van der Waals surface area contributed by atoms with Crippen LogP contribution in [0.3, 0.4) is 0 Å². The Bertz CT molecular complexity index is 807. The van der Waals surface area contributed by atoms with Gasteiger partial charge in [-0.15, -0.1) is 11.3 Å². The number of carbonyl (C=O) groups is 1. The van der Waals surface area contributed by atoms with Gasteiger partial charge in [-0.25, -0.2) is 0 Å². The van der Waals surface area contributed by atoms with Crippen molar-refractivity contribution >= 4 is 28.0 Å². The van der Waals surface area contributed by atoms with E-state index in [1.54, 1.807) is 17.5 Å². The van der Waals surface area contributed by atoms with Gasteiger partial charge >= 0.3 is 0 Å². The van der Waals surface area contributed by atoms with Gasteiger partial charge in [-0.1, -0.05) is 6.07 Å². The van der Waals surface area contributed by atoms with Crippen molar-refractivity contribution in [3.8, 4) is 5.75 Å². The van der Waals surface area contributed by atoms with Crippen molar-refractivity contribution in [2.45, 2.75) is 13.8 Å². The van der Waals surface area contributed by atoms with E-state index in [4.69, 9.17) is 4.74 Å². The lowest BCUT2D eigenvalue weighted by molar-refractivity contribution is 0.0921. The minimum atomic E-state index is 0.0120. The number of hydrogen-bond donors (Lipinski definition) is 0. The molecule has 3 rings (SSSR count). The molecule has 0 N–H and O–H groups in total. The monoisotopic (exact) mass is 297 g/mol. The maximum absolute atomic E-state index is 12.2. The zero-order valence-corrected chi connectivity index (χ0v) is 12.7. The average Bonchev–Trinajstić information content (AvgIpc) is 2.83. The molecule has 0 bridgehead atoms. The fourth-order valence-electron chi connectivity index (χ4n) is 2.27. The van der Waals surface area contributed by atoms with Gasteiger partial charge in [-0.05, 0) is 38.1 Å². The fraction of sp³-hybridized carbons (Fsp3) is 0.176. The number of pyridine rings is 1. The third-order valence-corrected chi connectivity index (χ3v) is 4.25. The van der Waals surface area contributed by atoms with Crippen molar-refractivity contribution in [2.24, 2.45) is 0 Å². The second-order valence-corrected chi connectivity index (χ2v) is 6.36. The molecule has 3 nitrogen and oxygen atoms in total. The summed E-state index contributed by atoms with van der Waals surface area (Å²) in [4.78, 5) is 18.7. The van der Waals surface area contributed by atoms with Crippen LogP contribution in [0.5, 0.6) is 5.75 Å². The molecule has 3 aromatic rings. The van der Waals surface area contributed by atoms with Gasteiger partial charge in [0.1, 0.15) is 5.75 Å². The van der Waals surface area contributed by atoms with E-state index in [9.17, 15) is 4.79 Å². The highest BCUT2D eigenvalue weighted by Gasteiger charge is 2.12. The highest BCUT2D eigenvalue weighted by molar-refractivity contribution is 7.12. The van der Waals surface area contributed by atoms with Crippen LogP contribution in [-0.2, 0) is 0 Å². The average molecular weight is 297 g/mol. The number of ketones is 1. The fourth-order valence-corrected chi connectivity index (χ4v) is 3.21. The Labute approximate surface area is 127 Å². The van der Waals surface area contributed by atoms with Gasteiger partial charge in [0.05, 0.1) is 5.52 Å². The minimum absolute atomic E-state index is 0.0120. The highest BCUT2D eigenvalue weighted by atomic mass is 32.1. The summed E-state index contributed by atoms with van der Waals surface area (Å²) in [5.74, 6) is 0.678. The molecule has 0 radical (unpaired) electrons. The van der Waals surface area contributed by atoms with Crippen LogP contribution in [0.4, 0.5) is 0 Å². The molecule has 0 unspecified atom stereocenters. The SMILES string of the molecule is Cc1cc(C(=O)COc2ccc3cccnc3c2)c(C)s1. The number of Topliss-reactive ketones (excluding diaryl/α,β-unsaturated/α-hetero) is 1. The lowest BCUT2D eigenvalue weighted by Crippen LogP contribution is -2.11. The Hall–Kier alpha value is -2.20. The van der Waals surface area contributed by atoms with Crippen molar-refractivity contribution in [2.75, 3.05) is 6.61 Å². The molecule has 0 fully saturated rings. The molecule has 0 spiro atoms. The largest absolute Gasteiger partial charge is 0.485 e. The van der Waals surface area contributed by atoms with Crippen molar-refractivity contribution in [3.63, 3.8) is 0 Å². The summed E-state index contributed by atoms with van der Waals surface area (Å²) in [6.45, 7) is 4.02. The quantitative estimate of drug-likeness (QED) is 0.678. The molecule has 0 aliphatic carbocycles. The molecule has 106 valence electrons.